The highest BCUT2D eigenvalue weighted by atomic mass is 16.5. The number of allylic oxidation sites excluding steroid dienone is 1. The minimum atomic E-state index is -0.622. The Morgan fingerprint density at radius 3 is 2.45 bits per heavy atom. The fourth-order valence-electron chi connectivity index (χ4n) is 5.95. The molecular weight excluding hydrogens is 508 g/mol. The molecule has 0 atom stereocenters. The minimum absolute atomic E-state index is 0.0637. The maximum atomic E-state index is 13.4. The number of amidine groups is 1. The van der Waals surface area contributed by atoms with Crippen LogP contribution in [0.5, 0.6) is 0 Å². The second-order valence-corrected chi connectivity index (χ2v) is 11.1. The van der Waals surface area contributed by atoms with Gasteiger partial charge in [0.2, 0.25) is 0 Å². The van der Waals surface area contributed by atoms with E-state index in [2.05, 4.69) is 26.7 Å². The molecule has 1 heterocycles. The third-order valence-corrected chi connectivity index (χ3v) is 8.36. The van der Waals surface area contributed by atoms with E-state index in [9.17, 15) is 14.8 Å². The molecule has 0 bridgehead atoms. The number of nitrogens with one attached hydrogen (secondary N) is 1. The van der Waals surface area contributed by atoms with E-state index < -0.39 is 6.09 Å². The van der Waals surface area contributed by atoms with Gasteiger partial charge in [-0.2, -0.15) is 0 Å². The number of methoxy groups -OCH3 is 1. The Kier molecular flexibility index (Phi) is 12.1. The highest BCUT2D eigenvalue weighted by molar-refractivity contribution is 6.04. The summed E-state index contributed by atoms with van der Waals surface area (Å²) in [6, 6.07) is 8.10. The second-order valence-electron chi connectivity index (χ2n) is 11.1. The van der Waals surface area contributed by atoms with E-state index in [-0.39, 0.29) is 29.0 Å². The monoisotopic (exact) mass is 554 g/mol. The number of benzene rings is 1. The standard InChI is InChI=1S/C31H46N4O5/c1-5-23-40-25(3)29(36)35(26-11-9-24(2)10-12-26)27-14-20-34(21-15-27)22-19-31(16-7-6-8-17-31)18-13-28(33-38)32-30(37)39-4/h5,9-12,23,27,38H,3,6-8,13-22H2,1-2,4H3,(H,32,33,37)/b23-5-. The molecule has 40 heavy (non-hydrogen) atoms. The first-order valence-electron chi connectivity index (χ1n) is 14.5. The van der Waals surface area contributed by atoms with Crippen LogP contribution >= 0.6 is 0 Å². The van der Waals surface area contributed by atoms with E-state index in [4.69, 9.17) is 4.74 Å². The van der Waals surface area contributed by atoms with Crippen molar-refractivity contribution in [3.05, 3.63) is 54.5 Å². The van der Waals surface area contributed by atoms with Crippen LogP contribution < -0.4 is 10.2 Å². The Balaban J connectivity index is 1.61. The van der Waals surface area contributed by atoms with Crippen molar-refractivity contribution in [2.75, 3.05) is 31.6 Å². The van der Waals surface area contributed by atoms with Crippen LogP contribution in [-0.4, -0.2) is 60.7 Å². The van der Waals surface area contributed by atoms with Crippen LogP contribution in [0.25, 0.3) is 0 Å². The van der Waals surface area contributed by atoms with Gasteiger partial charge in [0.15, 0.2) is 11.6 Å². The predicted molar refractivity (Wildman–Crippen MR) is 157 cm³/mol. The first-order valence-corrected chi connectivity index (χ1v) is 14.5. The molecule has 2 fully saturated rings. The number of rotatable bonds is 11. The second kappa shape index (κ2) is 15.5. The molecule has 0 unspecified atom stereocenters. The molecule has 2 aliphatic rings. The topological polar surface area (TPSA) is 104 Å². The van der Waals surface area contributed by atoms with Gasteiger partial charge in [-0.1, -0.05) is 54.8 Å². The molecule has 0 radical (unpaired) electrons. The smallest absolute Gasteiger partial charge is 0.412 e. The summed E-state index contributed by atoms with van der Waals surface area (Å²) in [5.41, 5.74) is 2.17. The number of carbonyl (C=O) groups excluding carboxylic acids is 2. The SMILES string of the molecule is C=C(O/C=C\C)C(=O)N(c1ccc(C)cc1)C1CCN(CCC2(CC/C(=N\O)NC(=O)OC)CCCCC2)CC1. The van der Waals surface area contributed by atoms with Gasteiger partial charge in [-0.05, 0) is 76.5 Å². The van der Waals surface area contributed by atoms with E-state index in [1.807, 2.05) is 43.0 Å². The number of anilines is 1. The van der Waals surface area contributed by atoms with Crippen molar-refractivity contribution in [1.82, 2.24) is 10.2 Å². The zero-order valence-electron chi connectivity index (χ0n) is 24.4. The first-order chi connectivity index (χ1) is 19.3. The van der Waals surface area contributed by atoms with Crippen LogP contribution in [0.2, 0.25) is 0 Å². The van der Waals surface area contributed by atoms with E-state index in [1.54, 1.807) is 6.08 Å². The molecular formula is C31H46N4O5. The Hall–Kier alpha value is -3.33. The van der Waals surface area contributed by atoms with Crippen LogP contribution in [0.1, 0.15) is 76.7 Å². The van der Waals surface area contributed by atoms with Gasteiger partial charge >= 0.3 is 6.09 Å². The Morgan fingerprint density at radius 1 is 1.18 bits per heavy atom. The quantitative estimate of drug-likeness (QED) is 0.0853. The van der Waals surface area contributed by atoms with Gasteiger partial charge in [-0.25, -0.2) is 4.79 Å². The van der Waals surface area contributed by atoms with Crippen molar-refractivity contribution in [3.8, 4) is 0 Å². The fourth-order valence-corrected chi connectivity index (χ4v) is 5.95. The molecule has 9 heteroatoms. The van der Waals surface area contributed by atoms with Gasteiger partial charge in [-0.3, -0.25) is 10.1 Å². The predicted octanol–water partition coefficient (Wildman–Crippen LogP) is 6.12. The lowest BCUT2D eigenvalue weighted by atomic mass is 9.69. The van der Waals surface area contributed by atoms with Crippen LogP contribution in [0.4, 0.5) is 10.5 Å². The molecule has 3 rings (SSSR count). The number of carbonyl (C=O) groups is 2. The molecule has 2 N–H and O–H groups in total. The van der Waals surface area contributed by atoms with E-state index >= 15 is 0 Å². The molecule has 1 saturated carbocycles. The van der Waals surface area contributed by atoms with Gasteiger partial charge in [0.05, 0.1) is 13.4 Å². The normalized spacial score (nSPS) is 18.3. The van der Waals surface area contributed by atoms with Crippen molar-refractivity contribution in [2.45, 2.75) is 84.1 Å². The summed E-state index contributed by atoms with van der Waals surface area (Å²) in [5, 5.41) is 15.2. The van der Waals surface area contributed by atoms with Gasteiger partial charge in [0.25, 0.3) is 5.91 Å². The zero-order chi connectivity index (χ0) is 29.0. The fraction of sp³-hybridized carbons (Fsp3) is 0.581. The number of nitrogens with zero attached hydrogens (tertiary/aromatic N) is 3. The highest BCUT2D eigenvalue weighted by Crippen LogP contribution is 2.43. The van der Waals surface area contributed by atoms with Crippen molar-refractivity contribution >= 4 is 23.5 Å². The molecule has 1 aliphatic carbocycles. The maximum absolute atomic E-state index is 13.4. The van der Waals surface area contributed by atoms with Crippen LogP contribution in [0, 0.1) is 12.3 Å². The van der Waals surface area contributed by atoms with Crippen molar-refractivity contribution in [2.24, 2.45) is 10.6 Å². The van der Waals surface area contributed by atoms with Gasteiger partial charge in [0.1, 0.15) is 0 Å². The molecule has 0 spiro atoms. The third-order valence-electron chi connectivity index (χ3n) is 8.36. The summed E-state index contributed by atoms with van der Waals surface area (Å²) < 4.78 is 10.1. The summed E-state index contributed by atoms with van der Waals surface area (Å²) in [6.07, 6.45) is 12.7. The zero-order valence-corrected chi connectivity index (χ0v) is 24.4. The van der Waals surface area contributed by atoms with Crippen molar-refractivity contribution in [1.29, 1.82) is 0 Å². The van der Waals surface area contributed by atoms with E-state index in [0.717, 1.165) is 69.4 Å². The van der Waals surface area contributed by atoms with E-state index in [0.29, 0.717) is 6.42 Å². The number of piperidine rings is 1. The summed E-state index contributed by atoms with van der Waals surface area (Å²) in [4.78, 5) is 29.4. The number of ether oxygens (including phenoxy) is 2. The first kappa shape index (κ1) is 31.2. The molecule has 9 nitrogen and oxygen atoms in total. The van der Waals surface area contributed by atoms with Crippen molar-refractivity contribution in [3.63, 3.8) is 0 Å². The van der Waals surface area contributed by atoms with Gasteiger partial charge < -0.3 is 24.5 Å². The van der Waals surface area contributed by atoms with Crippen molar-refractivity contribution < 1.29 is 24.3 Å². The Labute approximate surface area is 238 Å². The van der Waals surface area contributed by atoms with Gasteiger partial charge in [-0.15, -0.1) is 0 Å². The van der Waals surface area contributed by atoms with Crippen LogP contribution in [-0.2, 0) is 14.3 Å². The molecule has 1 aromatic rings. The summed E-state index contributed by atoms with van der Waals surface area (Å²) >= 11 is 0. The summed E-state index contributed by atoms with van der Waals surface area (Å²) in [6.45, 7) is 10.6. The lowest BCUT2D eigenvalue weighted by Gasteiger charge is -2.42. The van der Waals surface area contributed by atoms with E-state index in [1.165, 1.54) is 32.6 Å². The minimum Gasteiger partial charge on any atom is -0.460 e. The number of hydrogen-bond acceptors (Lipinski definition) is 7. The number of hydrogen-bond donors (Lipinski definition) is 2. The maximum Gasteiger partial charge on any atom is 0.412 e. The van der Waals surface area contributed by atoms with Crippen LogP contribution in [0.15, 0.2) is 54.1 Å². The molecule has 0 aromatic heterocycles. The average Bonchev–Trinajstić information content (AvgIpc) is 2.99. The number of alkyl carbamates (subject to hydrolysis) is 1. The molecule has 1 aromatic carbocycles. The third kappa shape index (κ3) is 8.84. The Bertz CT molecular complexity index is 1040. The number of likely N-dealkylation sites (tertiary alicyclic amines) is 1. The lowest BCUT2D eigenvalue weighted by molar-refractivity contribution is -0.118. The number of aryl methyl sites for hydroxylation is 1. The van der Waals surface area contributed by atoms with Crippen LogP contribution in [0.3, 0.4) is 0 Å². The molecule has 1 saturated heterocycles. The highest BCUT2D eigenvalue weighted by Gasteiger charge is 2.35. The average molecular weight is 555 g/mol. The molecule has 2 amide bonds. The lowest BCUT2D eigenvalue weighted by Crippen LogP contribution is -2.48. The number of oxime groups is 1. The largest absolute Gasteiger partial charge is 0.460 e. The number of amides is 2. The molecule has 220 valence electrons. The Morgan fingerprint density at radius 2 is 1.85 bits per heavy atom. The summed E-state index contributed by atoms with van der Waals surface area (Å²) in [7, 11) is 1.29. The molecule has 1 aliphatic heterocycles. The van der Waals surface area contributed by atoms with Gasteiger partial charge in [0, 0.05) is 31.2 Å². The summed E-state index contributed by atoms with van der Waals surface area (Å²) in [5.74, 6) is 0.162.